The van der Waals surface area contributed by atoms with Crippen LogP contribution >= 0.6 is 11.3 Å². The lowest BCUT2D eigenvalue weighted by Gasteiger charge is -2.07. The van der Waals surface area contributed by atoms with E-state index in [2.05, 4.69) is 10.1 Å². The number of aliphatic carboxylic acids is 1. The number of hydrogen-bond acceptors (Lipinski definition) is 6. The Bertz CT molecular complexity index is 929. The lowest BCUT2D eigenvalue weighted by Crippen LogP contribution is -2.22. The molecule has 0 radical (unpaired) electrons. The van der Waals surface area contributed by atoms with E-state index in [1.807, 2.05) is 5.38 Å². The van der Waals surface area contributed by atoms with Crippen LogP contribution < -0.4 is 5.11 Å². The number of alkyl halides is 3. The maximum absolute atomic E-state index is 12.6. The topological polar surface area (TPSA) is 79.0 Å². The summed E-state index contributed by atoms with van der Waals surface area (Å²) in [6.45, 7) is 0. The van der Waals surface area contributed by atoms with Crippen molar-refractivity contribution in [3.63, 3.8) is 0 Å². The van der Waals surface area contributed by atoms with Gasteiger partial charge in [-0.25, -0.2) is 0 Å². The SMILES string of the molecule is O=C([O-])C/C(=C\c1ccc(C(F)(F)F)cc1)c1nc(-c2ccsc2)no1. The van der Waals surface area contributed by atoms with E-state index in [4.69, 9.17) is 4.52 Å². The van der Waals surface area contributed by atoms with Crippen LogP contribution in [-0.2, 0) is 11.0 Å². The van der Waals surface area contributed by atoms with Crippen LogP contribution in [0.3, 0.4) is 0 Å². The quantitative estimate of drug-likeness (QED) is 0.678. The van der Waals surface area contributed by atoms with Crippen molar-refractivity contribution in [3.05, 3.63) is 58.1 Å². The molecule has 0 unspecified atom stereocenters. The van der Waals surface area contributed by atoms with Crippen molar-refractivity contribution in [3.8, 4) is 11.4 Å². The minimum Gasteiger partial charge on any atom is -0.550 e. The largest absolute Gasteiger partial charge is 0.550 e. The summed E-state index contributed by atoms with van der Waals surface area (Å²) in [7, 11) is 0. The summed E-state index contributed by atoms with van der Waals surface area (Å²) in [5.41, 5.74) is 0.421. The Balaban J connectivity index is 1.93. The van der Waals surface area contributed by atoms with E-state index < -0.39 is 24.1 Å². The van der Waals surface area contributed by atoms with Crippen LogP contribution in [0.25, 0.3) is 23.0 Å². The Morgan fingerprint density at radius 2 is 1.96 bits per heavy atom. The number of benzene rings is 1. The highest BCUT2D eigenvalue weighted by molar-refractivity contribution is 7.08. The van der Waals surface area contributed by atoms with Crippen LogP contribution in [0.15, 0.2) is 45.6 Å². The average molecular weight is 379 g/mol. The predicted molar refractivity (Wildman–Crippen MR) is 86.6 cm³/mol. The molecule has 0 aliphatic rings. The third kappa shape index (κ3) is 4.17. The number of carbonyl (C=O) groups is 1. The Hall–Kier alpha value is -2.94. The zero-order valence-corrected chi connectivity index (χ0v) is 13.8. The van der Waals surface area contributed by atoms with Gasteiger partial charge in [-0.3, -0.25) is 0 Å². The van der Waals surface area contributed by atoms with Gasteiger partial charge in [-0.05, 0) is 35.2 Å². The van der Waals surface area contributed by atoms with Gasteiger partial charge in [0, 0.05) is 28.9 Å². The van der Waals surface area contributed by atoms with Crippen LogP contribution in [0, 0.1) is 0 Å². The van der Waals surface area contributed by atoms with E-state index in [0.29, 0.717) is 11.1 Å². The number of aromatic nitrogens is 2. The first-order valence-electron chi connectivity index (χ1n) is 7.27. The van der Waals surface area contributed by atoms with Crippen LogP contribution in [0.4, 0.5) is 13.2 Å². The zero-order valence-electron chi connectivity index (χ0n) is 13.0. The van der Waals surface area contributed by atoms with Crippen LogP contribution in [0.1, 0.15) is 23.4 Å². The molecule has 134 valence electrons. The number of thiophene rings is 1. The molecule has 9 heteroatoms. The number of halogens is 3. The lowest BCUT2D eigenvalue weighted by atomic mass is 10.1. The molecule has 0 fully saturated rings. The molecule has 1 aromatic carbocycles. The number of nitrogens with zero attached hydrogens (tertiary/aromatic N) is 2. The van der Waals surface area contributed by atoms with Crippen molar-refractivity contribution >= 4 is 29.0 Å². The van der Waals surface area contributed by atoms with Gasteiger partial charge in [0.25, 0.3) is 5.89 Å². The summed E-state index contributed by atoms with van der Waals surface area (Å²) < 4.78 is 43.0. The highest BCUT2D eigenvalue weighted by atomic mass is 32.1. The number of hydrogen-bond donors (Lipinski definition) is 0. The summed E-state index contributed by atoms with van der Waals surface area (Å²) in [5.74, 6) is -1.12. The minimum absolute atomic E-state index is 0.0321. The van der Waals surface area contributed by atoms with Crippen LogP contribution in [0.5, 0.6) is 0 Å². The van der Waals surface area contributed by atoms with Gasteiger partial charge in [0.15, 0.2) is 0 Å². The molecule has 2 aromatic heterocycles. The van der Waals surface area contributed by atoms with Crippen molar-refractivity contribution in [2.75, 3.05) is 0 Å². The molecular formula is C17H10F3N2O3S-. The van der Waals surface area contributed by atoms with Crippen molar-refractivity contribution in [1.29, 1.82) is 0 Å². The monoisotopic (exact) mass is 379 g/mol. The molecule has 0 aliphatic heterocycles. The van der Waals surface area contributed by atoms with Crippen molar-refractivity contribution in [2.24, 2.45) is 0 Å². The molecule has 0 N–H and O–H groups in total. The molecule has 5 nitrogen and oxygen atoms in total. The fourth-order valence-corrected chi connectivity index (χ4v) is 2.81. The first kappa shape index (κ1) is 17.9. The third-order valence-corrected chi connectivity index (χ3v) is 4.08. The van der Waals surface area contributed by atoms with Gasteiger partial charge in [0.1, 0.15) is 0 Å². The van der Waals surface area contributed by atoms with E-state index in [9.17, 15) is 23.1 Å². The van der Waals surface area contributed by atoms with E-state index in [1.54, 1.807) is 11.4 Å². The summed E-state index contributed by atoms with van der Waals surface area (Å²) in [6.07, 6.45) is -3.59. The van der Waals surface area contributed by atoms with Crippen molar-refractivity contribution < 1.29 is 27.6 Å². The lowest BCUT2D eigenvalue weighted by molar-refractivity contribution is -0.304. The van der Waals surface area contributed by atoms with Gasteiger partial charge in [0.05, 0.1) is 5.56 Å². The van der Waals surface area contributed by atoms with Gasteiger partial charge in [-0.15, -0.1) is 0 Å². The van der Waals surface area contributed by atoms with Crippen molar-refractivity contribution in [1.82, 2.24) is 10.1 Å². The molecule has 0 bridgehead atoms. The summed E-state index contributed by atoms with van der Waals surface area (Å²) >= 11 is 1.44. The van der Waals surface area contributed by atoms with Gasteiger partial charge in [-0.2, -0.15) is 29.5 Å². The molecule has 3 aromatic rings. The normalized spacial score (nSPS) is 12.3. The summed E-state index contributed by atoms with van der Waals surface area (Å²) in [4.78, 5) is 15.2. The summed E-state index contributed by atoms with van der Waals surface area (Å²) in [5, 5.41) is 18.4. The Kier molecular flexibility index (Phi) is 4.90. The zero-order chi connectivity index (χ0) is 18.7. The van der Waals surface area contributed by atoms with Gasteiger partial charge < -0.3 is 14.4 Å². The Morgan fingerprint density at radius 1 is 1.23 bits per heavy atom. The molecule has 0 aliphatic carbocycles. The highest BCUT2D eigenvalue weighted by Gasteiger charge is 2.29. The van der Waals surface area contributed by atoms with Gasteiger partial charge in [-0.1, -0.05) is 17.3 Å². The van der Waals surface area contributed by atoms with E-state index >= 15 is 0 Å². The molecule has 26 heavy (non-hydrogen) atoms. The standard InChI is InChI=1S/C17H11F3N2O3S/c18-17(19,20)13-3-1-10(2-4-13)7-12(8-14(23)24)16-21-15(22-25-16)11-5-6-26-9-11/h1-7,9H,8H2,(H,23,24)/p-1/b12-7+. The minimum atomic E-state index is -4.45. The van der Waals surface area contributed by atoms with Gasteiger partial charge >= 0.3 is 6.18 Å². The molecule has 0 saturated heterocycles. The maximum atomic E-state index is 12.6. The molecule has 0 amide bonds. The van der Waals surface area contributed by atoms with Crippen LogP contribution in [-0.4, -0.2) is 16.1 Å². The van der Waals surface area contributed by atoms with E-state index in [-0.39, 0.29) is 17.3 Å². The molecular weight excluding hydrogens is 369 g/mol. The second kappa shape index (κ2) is 7.12. The summed E-state index contributed by atoms with van der Waals surface area (Å²) in [6, 6.07) is 6.06. The van der Waals surface area contributed by atoms with Crippen LogP contribution in [0.2, 0.25) is 0 Å². The third-order valence-electron chi connectivity index (χ3n) is 3.39. The molecule has 0 saturated carbocycles. The number of carboxylic acids is 1. The van der Waals surface area contributed by atoms with E-state index in [0.717, 1.165) is 12.1 Å². The highest BCUT2D eigenvalue weighted by Crippen LogP contribution is 2.30. The number of rotatable bonds is 5. The first-order chi connectivity index (χ1) is 12.3. The van der Waals surface area contributed by atoms with Crippen molar-refractivity contribution in [2.45, 2.75) is 12.6 Å². The molecule has 2 heterocycles. The smallest absolute Gasteiger partial charge is 0.416 e. The average Bonchev–Trinajstić information content (AvgIpc) is 3.25. The second-order valence-corrected chi connectivity index (χ2v) is 6.05. The van der Waals surface area contributed by atoms with Gasteiger partial charge in [0.2, 0.25) is 5.82 Å². The predicted octanol–water partition coefficient (Wildman–Crippen LogP) is 3.50. The Labute approximate surface area is 149 Å². The molecule has 0 spiro atoms. The number of carbonyl (C=O) groups excluding carboxylic acids is 1. The number of carboxylic acid groups (broad SMARTS) is 1. The fourth-order valence-electron chi connectivity index (χ4n) is 2.18. The fraction of sp³-hybridized carbons (Fsp3) is 0.118. The first-order valence-corrected chi connectivity index (χ1v) is 8.21. The Morgan fingerprint density at radius 3 is 2.54 bits per heavy atom. The molecule has 0 atom stereocenters. The molecule has 3 rings (SSSR count). The second-order valence-electron chi connectivity index (χ2n) is 5.27. The maximum Gasteiger partial charge on any atom is 0.416 e. The van der Waals surface area contributed by atoms with E-state index in [1.165, 1.54) is 29.5 Å².